The molecule has 2 aromatic rings. The zero-order valence-corrected chi connectivity index (χ0v) is 13.9. The van der Waals surface area contributed by atoms with Crippen LogP contribution in [0.3, 0.4) is 0 Å². The summed E-state index contributed by atoms with van der Waals surface area (Å²) in [6, 6.07) is 20.1. The van der Waals surface area contributed by atoms with Gasteiger partial charge in [-0.3, -0.25) is 9.80 Å². The highest BCUT2D eigenvalue weighted by Crippen LogP contribution is 2.13. The van der Waals surface area contributed by atoms with Crippen molar-refractivity contribution in [1.29, 1.82) is 5.26 Å². The van der Waals surface area contributed by atoms with E-state index in [1.54, 1.807) is 12.1 Å². The number of hydrogen-bond donors (Lipinski definition) is 0. The first-order chi connectivity index (χ1) is 11.8. The first-order valence-electron chi connectivity index (χ1n) is 8.45. The normalized spacial score (nSPS) is 15.8. The van der Waals surface area contributed by atoms with E-state index in [0.717, 1.165) is 45.0 Å². The lowest BCUT2D eigenvalue weighted by atomic mass is 10.2. The number of rotatable bonds is 6. The Balaban J connectivity index is 1.37. The third-order valence-electron chi connectivity index (χ3n) is 4.35. The fourth-order valence-corrected chi connectivity index (χ4v) is 2.96. The van der Waals surface area contributed by atoms with Gasteiger partial charge in [0.05, 0.1) is 11.6 Å². The number of ether oxygens (including phenoxy) is 1. The van der Waals surface area contributed by atoms with Crippen molar-refractivity contribution in [3.63, 3.8) is 0 Å². The first-order valence-corrected chi connectivity index (χ1v) is 8.45. The number of nitrogens with zero attached hydrogens (tertiary/aromatic N) is 3. The number of nitriles is 1. The minimum absolute atomic E-state index is 0.641. The smallest absolute Gasteiger partial charge is 0.120 e. The van der Waals surface area contributed by atoms with Gasteiger partial charge in [0.15, 0.2) is 0 Å². The molecule has 0 aliphatic carbocycles. The maximum Gasteiger partial charge on any atom is 0.120 e. The van der Waals surface area contributed by atoms with Crippen LogP contribution < -0.4 is 4.74 Å². The van der Waals surface area contributed by atoms with E-state index < -0.39 is 0 Å². The molecule has 1 aliphatic heterocycles. The molecule has 0 saturated carbocycles. The zero-order chi connectivity index (χ0) is 16.6. The molecule has 0 radical (unpaired) electrons. The van der Waals surface area contributed by atoms with Crippen molar-refractivity contribution in [1.82, 2.24) is 9.80 Å². The summed E-state index contributed by atoms with van der Waals surface area (Å²) < 4.78 is 5.77. The van der Waals surface area contributed by atoms with Crippen LogP contribution in [0.25, 0.3) is 0 Å². The SMILES string of the molecule is N#Cc1cccc(OCCN2CCN(Cc3ccccc3)CC2)c1. The van der Waals surface area contributed by atoms with Crippen molar-refractivity contribution >= 4 is 0 Å². The number of hydrogen-bond acceptors (Lipinski definition) is 4. The third-order valence-corrected chi connectivity index (χ3v) is 4.35. The quantitative estimate of drug-likeness (QED) is 0.820. The van der Waals surface area contributed by atoms with Gasteiger partial charge in [0, 0.05) is 39.3 Å². The van der Waals surface area contributed by atoms with E-state index in [-0.39, 0.29) is 0 Å². The zero-order valence-electron chi connectivity index (χ0n) is 13.9. The van der Waals surface area contributed by atoms with Gasteiger partial charge in [-0.15, -0.1) is 0 Å². The molecule has 1 heterocycles. The summed E-state index contributed by atoms with van der Waals surface area (Å²) in [6.45, 7) is 6.97. The van der Waals surface area contributed by atoms with Crippen LogP contribution in [0, 0.1) is 11.3 Å². The van der Waals surface area contributed by atoms with Crippen molar-refractivity contribution in [2.24, 2.45) is 0 Å². The average Bonchev–Trinajstić information content (AvgIpc) is 2.64. The van der Waals surface area contributed by atoms with Gasteiger partial charge in [0.2, 0.25) is 0 Å². The molecule has 1 saturated heterocycles. The molecule has 0 unspecified atom stereocenters. The van der Waals surface area contributed by atoms with Crippen LogP contribution in [-0.4, -0.2) is 49.1 Å². The van der Waals surface area contributed by atoms with Gasteiger partial charge in [-0.1, -0.05) is 36.4 Å². The lowest BCUT2D eigenvalue weighted by molar-refractivity contribution is 0.112. The molecule has 1 aliphatic rings. The van der Waals surface area contributed by atoms with E-state index in [4.69, 9.17) is 10.00 Å². The fourth-order valence-electron chi connectivity index (χ4n) is 2.96. The second-order valence-corrected chi connectivity index (χ2v) is 6.09. The molecule has 24 heavy (non-hydrogen) atoms. The molecule has 4 heteroatoms. The van der Waals surface area contributed by atoms with E-state index in [1.165, 1.54) is 5.56 Å². The molecule has 1 fully saturated rings. The second kappa shape index (κ2) is 8.49. The second-order valence-electron chi connectivity index (χ2n) is 6.09. The highest BCUT2D eigenvalue weighted by molar-refractivity contribution is 5.36. The van der Waals surface area contributed by atoms with E-state index in [9.17, 15) is 0 Å². The first kappa shape index (κ1) is 16.5. The summed E-state index contributed by atoms with van der Waals surface area (Å²) in [4.78, 5) is 4.94. The Morgan fingerprint density at radius 2 is 1.67 bits per heavy atom. The maximum atomic E-state index is 8.90. The van der Waals surface area contributed by atoms with Crippen molar-refractivity contribution in [3.05, 3.63) is 65.7 Å². The molecule has 124 valence electrons. The summed E-state index contributed by atoms with van der Waals surface area (Å²) in [5.41, 5.74) is 2.02. The van der Waals surface area contributed by atoms with E-state index in [1.807, 2.05) is 12.1 Å². The van der Waals surface area contributed by atoms with Crippen LogP contribution in [0.4, 0.5) is 0 Å². The Hall–Kier alpha value is -2.35. The molecule has 0 N–H and O–H groups in total. The van der Waals surface area contributed by atoms with Gasteiger partial charge >= 0.3 is 0 Å². The number of benzene rings is 2. The molecule has 2 aromatic carbocycles. The Morgan fingerprint density at radius 3 is 2.42 bits per heavy atom. The Kier molecular flexibility index (Phi) is 5.84. The van der Waals surface area contributed by atoms with Gasteiger partial charge < -0.3 is 4.74 Å². The maximum absolute atomic E-state index is 8.90. The van der Waals surface area contributed by atoms with Crippen molar-refractivity contribution < 1.29 is 4.74 Å². The van der Waals surface area contributed by atoms with Gasteiger partial charge in [-0.05, 0) is 23.8 Å². The molecule has 3 rings (SSSR count). The van der Waals surface area contributed by atoms with Crippen LogP contribution in [0.5, 0.6) is 5.75 Å². The lowest BCUT2D eigenvalue weighted by Gasteiger charge is -2.34. The van der Waals surface area contributed by atoms with Crippen molar-refractivity contribution in [2.45, 2.75) is 6.54 Å². The summed E-state index contributed by atoms with van der Waals surface area (Å²) in [5.74, 6) is 0.775. The van der Waals surface area contributed by atoms with Crippen LogP contribution in [-0.2, 0) is 6.54 Å². The van der Waals surface area contributed by atoms with Crippen molar-refractivity contribution in [2.75, 3.05) is 39.3 Å². The van der Waals surface area contributed by atoms with E-state index in [2.05, 4.69) is 46.2 Å². The fraction of sp³-hybridized carbons (Fsp3) is 0.350. The topological polar surface area (TPSA) is 39.5 Å². The average molecular weight is 321 g/mol. The molecule has 0 amide bonds. The summed E-state index contributed by atoms with van der Waals surface area (Å²) in [6.07, 6.45) is 0. The minimum Gasteiger partial charge on any atom is -0.492 e. The van der Waals surface area contributed by atoms with Crippen molar-refractivity contribution in [3.8, 4) is 11.8 Å². The largest absolute Gasteiger partial charge is 0.492 e. The van der Waals surface area contributed by atoms with Gasteiger partial charge in [0.1, 0.15) is 12.4 Å². The molecular weight excluding hydrogens is 298 g/mol. The molecule has 0 atom stereocenters. The predicted octanol–water partition coefficient (Wildman–Crippen LogP) is 2.75. The van der Waals surface area contributed by atoms with Crippen LogP contribution in [0.2, 0.25) is 0 Å². The Morgan fingerprint density at radius 1 is 0.917 bits per heavy atom. The predicted molar refractivity (Wildman–Crippen MR) is 94.8 cm³/mol. The molecule has 0 bridgehead atoms. The molecular formula is C20H23N3O. The highest BCUT2D eigenvalue weighted by Gasteiger charge is 2.16. The third kappa shape index (κ3) is 4.82. The van der Waals surface area contributed by atoms with Crippen LogP contribution in [0.1, 0.15) is 11.1 Å². The van der Waals surface area contributed by atoms with Crippen LogP contribution in [0.15, 0.2) is 54.6 Å². The van der Waals surface area contributed by atoms with E-state index >= 15 is 0 Å². The number of piperazine rings is 1. The Labute approximate surface area is 143 Å². The van der Waals surface area contributed by atoms with Gasteiger partial charge in [-0.2, -0.15) is 5.26 Å². The summed E-state index contributed by atoms with van der Waals surface area (Å²) in [7, 11) is 0. The summed E-state index contributed by atoms with van der Waals surface area (Å²) in [5, 5.41) is 8.90. The summed E-state index contributed by atoms with van der Waals surface area (Å²) >= 11 is 0. The monoisotopic (exact) mass is 321 g/mol. The van der Waals surface area contributed by atoms with Crippen LogP contribution >= 0.6 is 0 Å². The van der Waals surface area contributed by atoms with Gasteiger partial charge in [0.25, 0.3) is 0 Å². The molecule has 4 nitrogen and oxygen atoms in total. The minimum atomic E-state index is 0.641. The molecule has 0 spiro atoms. The highest BCUT2D eigenvalue weighted by atomic mass is 16.5. The van der Waals surface area contributed by atoms with Gasteiger partial charge in [-0.25, -0.2) is 0 Å². The molecule has 0 aromatic heterocycles. The lowest BCUT2D eigenvalue weighted by Crippen LogP contribution is -2.47. The van der Waals surface area contributed by atoms with E-state index in [0.29, 0.717) is 12.2 Å². The standard InChI is InChI=1S/C20H23N3O/c21-16-19-7-4-8-20(15-19)24-14-13-22-9-11-23(12-10-22)17-18-5-2-1-3-6-18/h1-8,15H,9-14,17H2. The Bertz CT molecular complexity index is 673.